The predicted molar refractivity (Wildman–Crippen MR) is 29.4 cm³/mol. The Bertz CT molecular complexity index is 130. The molecule has 1 heterocycles. The molecule has 0 aromatic heterocycles. The highest BCUT2D eigenvalue weighted by Gasteiger charge is 2.07. The summed E-state index contributed by atoms with van der Waals surface area (Å²) in [6, 6.07) is 0. The molecule has 0 aromatic carbocycles. The van der Waals surface area contributed by atoms with Gasteiger partial charge >= 0.3 is 0 Å². The fourth-order valence-electron chi connectivity index (χ4n) is 0.607. The number of nitrogens with zero attached hydrogens (tertiary/aromatic N) is 1. The van der Waals surface area contributed by atoms with Crippen molar-refractivity contribution in [3.8, 4) is 0 Å². The van der Waals surface area contributed by atoms with Crippen molar-refractivity contribution in [2.75, 3.05) is 0 Å². The van der Waals surface area contributed by atoms with Crippen LogP contribution in [0.3, 0.4) is 0 Å². The average Bonchev–Trinajstić information content (AvgIpc) is 1.77. The Morgan fingerprint density at radius 2 is 2.50 bits per heavy atom. The van der Waals surface area contributed by atoms with Crippen molar-refractivity contribution in [3.63, 3.8) is 0 Å². The van der Waals surface area contributed by atoms with Crippen LogP contribution in [0.5, 0.6) is 0 Å². The zero-order valence-electron chi connectivity index (χ0n) is 4.50. The summed E-state index contributed by atoms with van der Waals surface area (Å²) in [5.41, 5.74) is 0. The van der Waals surface area contributed by atoms with Crippen molar-refractivity contribution in [1.29, 1.82) is 0 Å². The largest absolute Gasteiger partial charge is 0.273 e. The third kappa shape index (κ3) is 0.869. The van der Waals surface area contributed by atoms with Crippen LogP contribution < -0.4 is 5.84 Å². The molecule has 0 radical (unpaired) electrons. The molecular formula is C5H8N2O. The highest BCUT2D eigenvalue weighted by Crippen LogP contribution is 2.01. The Morgan fingerprint density at radius 1 is 1.75 bits per heavy atom. The van der Waals surface area contributed by atoms with E-state index in [0.29, 0.717) is 6.42 Å². The summed E-state index contributed by atoms with van der Waals surface area (Å²) in [5.74, 6) is 5.17. The zero-order chi connectivity index (χ0) is 5.98. The van der Waals surface area contributed by atoms with Gasteiger partial charge in [0.1, 0.15) is 0 Å². The molecule has 0 aromatic rings. The molecular weight excluding hydrogens is 104 g/mol. The van der Waals surface area contributed by atoms with Crippen LogP contribution in [0, 0.1) is 0 Å². The first-order valence-corrected chi connectivity index (χ1v) is 2.54. The quantitative estimate of drug-likeness (QED) is 0.354. The summed E-state index contributed by atoms with van der Waals surface area (Å²) < 4.78 is 0. The van der Waals surface area contributed by atoms with Gasteiger partial charge in [-0.1, -0.05) is 6.08 Å². The molecule has 0 aliphatic carbocycles. The Labute approximate surface area is 47.7 Å². The number of amides is 1. The Hall–Kier alpha value is -0.830. The summed E-state index contributed by atoms with van der Waals surface area (Å²) >= 11 is 0. The fraction of sp³-hybridized carbons (Fsp3) is 0.400. The minimum Gasteiger partial charge on any atom is -0.273 e. The van der Waals surface area contributed by atoms with Crippen molar-refractivity contribution in [3.05, 3.63) is 12.3 Å². The summed E-state index contributed by atoms with van der Waals surface area (Å²) in [7, 11) is 0. The minimum absolute atomic E-state index is 0.00694. The Morgan fingerprint density at radius 3 is 2.88 bits per heavy atom. The van der Waals surface area contributed by atoms with E-state index in [1.54, 1.807) is 6.20 Å². The lowest BCUT2D eigenvalue weighted by molar-refractivity contribution is -0.129. The maximum Gasteiger partial charge on any atom is 0.240 e. The lowest BCUT2D eigenvalue weighted by atomic mass is 10.2. The maximum atomic E-state index is 10.5. The molecule has 1 aliphatic heterocycles. The molecule has 0 fully saturated rings. The van der Waals surface area contributed by atoms with Crippen LogP contribution in [-0.4, -0.2) is 10.9 Å². The third-order valence-electron chi connectivity index (χ3n) is 1.08. The first-order chi connectivity index (χ1) is 3.80. The van der Waals surface area contributed by atoms with Gasteiger partial charge in [0.2, 0.25) is 5.91 Å². The number of rotatable bonds is 0. The molecule has 2 N–H and O–H groups in total. The van der Waals surface area contributed by atoms with Gasteiger partial charge in [0.25, 0.3) is 0 Å². The minimum atomic E-state index is -0.00694. The van der Waals surface area contributed by atoms with Crippen LogP contribution >= 0.6 is 0 Å². The molecule has 1 aliphatic rings. The highest BCUT2D eigenvalue weighted by molar-refractivity contribution is 5.77. The summed E-state index contributed by atoms with van der Waals surface area (Å²) in [5, 5.41) is 1.11. The normalized spacial score (nSPS) is 19.6. The van der Waals surface area contributed by atoms with Gasteiger partial charge in [0.15, 0.2) is 0 Å². The van der Waals surface area contributed by atoms with E-state index in [2.05, 4.69) is 0 Å². The van der Waals surface area contributed by atoms with Crippen molar-refractivity contribution in [2.45, 2.75) is 12.8 Å². The fourth-order valence-corrected chi connectivity index (χ4v) is 0.607. The molecule has 0 saturated carbocycles. The van der Waals surface area contributed by atoms with Gasteiger partial charge in [0.05, 0.1) is 0 Å². The Kier molecular flexibility index (Phi) is 1.30. The summed E-state index contributed by atoms with van der Waals surface area (Å²) in [6.07, 6.45) is 4.84. The molecule has 0 unspecified atom stereocenters. The smallest absolute Gasteiger partial charge is 0.240 e. The van der Waals surface area contributed by atoms with Crippen LogP contribution in [0.25, 0.3) is 0 Å². The summed E-state index contributed by atoms with van der Waals surface area (Å²) in [4.78, 5) is 10.5. The lowest BCUT2D eigenvalue weighted by Gasteiger charge is -2.13. The SMILES string of the molecule is NN1C=CCCC1=O. The van der Waals surface area contributed by atoms with E-state index in [1.165, 1.54) is 0 Å². The van der Waals surface area contributed by atoms with E-state index in [-0.39, 0.29) is 5.91 Å². The molecule has 0 spiro atoms. The monoisotopic (exact) mass is 112 g/mol. The second-order valence-corrected chi connectivity index (χ2v) is 1.72. The Balaban J connectivity index is 2.60. The van der Waals surface area contributed by atoms with Gasteiger partial charge in [-0.05, 0) is 6.42 Å². The standard InChI is InChI=1S/C5H8N2O/c6-7-4-2-1-3-5(7)8/h2,4H,1,3,6H2. The topological polar surface area (TPSA) is 46.3 Å². The molecule has 1 amide bonds. The lowest BCUT2D eigenvalue weighted by Crippen LogP contribution is -2.33. The molecule has 1 rings (SSSR count). The van der Waals surface area contributed by atoms with E-state index in [0.717, 1.165) is 11.4 Å². The van der Waals surface area contributed by atoms with Crippen LogP contribution in [0.1, 0.15) is 12.8 Å². The number of carbonyl (C=O) groups is 1. The van der Waals surface area contributed by atoms with Gasteiger partial charge in [-0.15, -0.1) is 0 Å². The third-order valence-corrected chi connectivity index (χ3v) is 1.08. The van der Waals surface area contributed by atoms with Gasteiger partial charge in [0, 0.05) is 12.6 Å². The van der Waals surface area contributed by atoms with E-state index in [4.69, 9.17) is 5.84 Å². The van der Waals surface area contributed by atoms with Gasteiger partial charge in [-0.2, -0.15) is 0 Å². The van der Waals surface area contributed by atoms with Gasteiger partial charge in [-0.3, -0.25) is 9.80 Å². The molecule has 0 saturated heterocycles. The highest BCUT2D eigenvalue weighted by atomic mass is 16.2. The molecule has 44 valence electrons. The van der Waals surface area contributed by atoms with Crippen molar-refractivity contribution < 1.29 is 4.79 Å². The number of hydrogen-bond donors (Lipinski definition) is 1. The molecule has 8 heavy (non-hydrogen) atoms. The van der Waals surface area contributed by atoms with Gasteiger partial charge in [-0.25, -0.2) is 5.84 Å². The van der Waals surface area contributed by atoms with Crippen LogP contribution in [0.4, 0.5) is 0 Å². The van der Waals surface area contributed by atoms with Crippen molar-refractivity contribution in [2.24, 2.45) is 5.84 Å². The molecule has 0 bridgehead atoms. The first kappa shape index (κ1) is 5.31. The first-order valence-electron chi connectivity index (χ1n) is 2.54. The number of hydrogen-bond acceptors (Lipinski definition) is 2. The molecule has 3 heteroatoms. The zero-order valence-corrected chi connectivity index (χ0v) is 4.50. The van der Waals surface area contributed by atoms with Gasteiger partial charge < -0.3 is 0 Å². The van der Waals surface area contributed by atoms with Crippen LogP contribution in [-0.2, 0) is 4.79 Å². The number of carbonyl (C=O) groups excluding carboxylic acids is 1. The van der Waals surface area contributed by atoms with Crippen LogP contribution in [0.2, 0.25) is 0 Å². The second kappa shape index (κ2) is 1.96. The van der Waals surface area contributed by atoms with Crippen molar-refractivity contribution in [1.82, 2.24) is 5.01 Å². The van der Waals surface area contributed by atoms with E-state index in [1.807, 2.05) is 6.08 Å². The average molecular weight is 112 g/mol. The predicted octanol–water partition coefficient (Wildman–Crippen LogP) is -0.00380. The number of allylic oxidation sites excluding steroid dienone is 1. The summed E-state index contributed by atoms with van der Waals surface area (Å²) in [6.45, 7) is 0. The molecule has 3 nitrogen and oxygen atoms in total. The van der Waals surface area contributed by atoms with Crippen molar-refractivity contribution >= 4 is 5.91 Å². The van der Waals surface area contributed by atoms with E-state index >= 15 is 0 Å². The van der Waals surface area contributed by atoms with E-state index < -0.39 is 0 Å². The van der Waals surface area contributed by atoms with E-state index in [9.17, 15) is 4.79 Å². The van der Waals surface area contributed by atoms with Crippen LogP contribution in [0.15, 0.2) is 12.3 Å². The number of nitrogens with two attached hydrogens (primary N) is 1. The maximum absolute atomic E-state index is 10.5. The molecule has 0 atom stereocenters. The number of hydrazine groups is 1. The second-order valence-electron chi connectivity index (χ2n) is 1.72.